The van der Waals surface area contributed by atoms with Crippen LogP contribution in [0.25, 0.3) is 5.69 Å². The monoisotopic (exact) mass is 264 g/mol. The van der Waals surface area contributed by atoms with Crippen molar-refractivity contribution in [3.05, 3.63) is 40.7 Å². The summed E-state index contributed by atoms with van der Waals surface area (Å²) in [5.74, 6) is 0. The molecule has 0 aliphatic heterocycles. The number of benzene rings is 1. The van der Waals surface area contributed by atoms with E-state index in [-0.39, 0.29) is 0 Å². The molecule has 96 valence electrons. The van der Waals surface area contributed by atoms with Crippen molar-refractivity contribution in [2.24, 2.45) is 0 Å². The van der Waals surface area contributed by atoms with Gasteiger partial charge in [0.05, 0.1) is 22.6 Å². The molecule has 0 saturated heterocycles. The Balaban J connectivity index is 2.21. The summed E-state index contributed by atoms with van der Waals surface area (Å²) >= 11 is 6.16. The molecular weight excluding hydrogens is 248 g/mol. The van der Waals surface area contributed by atoms with Crippen molar-refractivity contribution in [3.8, 4) is 5.69 Å². The molecule has 2 aromatic rings. The quantitative estimate of drug-likeness (QED) is 0.923. The number of aromatic nitrogens is 3. The molecule has 0 amide bonds. The highest BCUT2D eigenvalue weighted by molar-refractivity contribution is 6.32. The summed E-state index contributed by atoms with van der Waals surface area (Å²) in [6.45, 7) is 6.93. The van der Waals surface area contributed by atoms with E-state index in [1.54, 1.807) is 4.68 Å². The highest BCUT2D eigenvalue weighted by atomic mass is 35.5. The summed E-state index contributed by atoms with van der Waals surface area (Å²) in [5, 5.41) is 12.2. The fraction of sp³-hybridized carbons (Fsp3) is 0.385. The third-order valence-electron chi connectivity index (χ3n) is 2.58. The molecule has 0 fully saturated rings. The molecule has 0 spiro atoms. The third kappa shape index (κ3) is 3.09. The van der Waals surface area contributed by atoms with Crippen molar-refractivity contribution < 1.29 is 0 Å². The lowest BCUT2D eigenvalue weighted by Crippen LogP contribution is -2.21. The van der Waals surface area contributed by atoms with Gasteiger partial charge >= 0.3 is 0 Å². The van der Waals surface area contributed by atoms with E-state index in [0.717, 1.165) is 16.9 Å². The van der Waals surface area contributed by atoms with Crippen LogP contribution < -0.4 is 5.32 Å². The van der Waals surface area contributed by atoms with E-state index in [9.17, 15) is 0 Å². The zero-order chi connectivity index (χ0) is 13.1. The first-order valence-electron chi connectivity index (χ1n) is 5.97. The molecule has 2 rings (SSSR count). The molecule has 0 aliphatic carbocycles. The number of hydrogen-bond donors (Lipinski definition) is 1. The van der Waals surface area contributed by atoms with Gasteiger partial charge in [-0.2, -0.15) is 0 Å². The SMILES string of the molecule is Cc1ccc(Cl)c(-n2cc(CNC(C)C)nn2)c1. The predicted molar refractivity (Wildman–Crippen MR) is 73.1 cm³/mol. The molecule has 0 saturated carbocycles. The van der Waals surface area contributed by atoms with Gasteiger partial charge in [0.15, 0.2) is 0 Å². The summed E-state index contributed by atoms with van der Waals surface area (Å²) < 4.78 is 1.71. The first kappa shape index (κ1) is 13.1. The van der Waals surface area contributed by atoms with Crippen molar-refractivity contribution in [1.82, 2.24) is 20.3 Å². The van der Waals surface area contributed by atoms with Gasteiger partial charge in [0.2, 0.25) is 0 Å². The van der Waals surface area contributed by atoms with Crippen LogP contribution in [-0.2, 0) is 6.54 Å². The van der Waals surface area contributed by atoms with Gasteiger partial charge in [-0.25, -0.2) is 4.68 Å². The van der Waals surface area contributed by atoms with E-state index >= 15 is 0 Å². The topological polar surface area (TPSA) is 42.7 Å². The maximum absolute atomic E-state index is 6.16. The Kier molecular flexibility index (Phi) is 3.99. The highest BCUT2D eigenvalue weighted by Crippen LogP contribution is 2.20. The van der Waals surface area contributed by atoms with Crippen LogP contribution in [0.15, 0.2) is 24.4 Å². The van der Waals surface area contributed by atoms with Crippen molar-refractivity contribution in [2.45, 2.75) is 33.4 Å². The van der Waals surface area contributed by atoms with Crippen LogP contribution in [0.3, 0.4) is 0 Å². The van der Waals surface area contributed by atoms with Crippen molar-refractivity contribution >= 4 is 11.6 Å². The minimum Gasteiger partial charge on any atom is -0.309 e. The van der Waals surface area contributed by atoms with E-state index in [1.807, 2.05) is 31.3 Å². The molecule has 0 unspecified atom stereocenters. The zero-order valence-corrected chi connectivity index (χ0v) is 11.6. The molecule has 0 radical (unpaired) electrons. The largest absolute Gasteiger partial charge is 0.309 e. The molecule has 18 heavy (non-hydrogen) atoms. The first-order chi connectivity index (χ1) is 8.56. The lowest BCUT2D eigenvalue weighted by atomic mass is 10.2. The average molecular weight is 265 g/mol. The fourth-order valence-corrected chi connectivity index (χ4v) is 1.81. The van der Waals surface area contributed by atoms with Crippen LogP contribution in [0.2, 0.25) is 5.02 Å². The molecule has 1 aromatic heterocycles. The van der Waals surface area contributed by atoms with E-state index in [0.29, 0.717) is 17.6 Å². The van der Waals surface area contributed by atoms with Crippen molar-refractivity contribution in [1.29, 1.82) is 0 Å². The van der Waals surface area contributed by atoms with Crippen LogP contribution in [-0.4, -0.2) is 21.0 Å². The minimum atomic E-state index is 0.428. The summed E-state index contributed by atoms with van der Waals surface area (Å²) in [5.41, 5.74) is 2.91. The summed E-state index contributed by atoms with van der Waals surface area (Å²) in [7, 11) is 0. The number of hydrogen-bond acceptors (Lipinski definition) is 3. The fourth-order valence-electron chi connectivity index (χ4n) is 1.60. The van der Waals surface area contributed by atoms with Crippen LogP contribution in [0.5, 0.6) is 0 Å². The van der Waals surface area contributed by atoms with Gasteiger partial charge in [0.1, 0.15) is 0 Å². The Bertz CT molecular complexity index is 534. The number of aryl methyl sites for hydroxylation is 1. The predicted octanol–water partition coefficient (Wildman–Crippen LogP) is 2.73. The van der Waals surface area contributed by atoms with Gasteiger partial charge < -0.3 is 5.32 Å². The van der Waals surface area contributed by atoms with Crippen LogP contribution in [0, 0.1) is 6.92 Å². The zero-order valence-electron chi connectivity index (χ0n) is 10.8. The van der Waals surface area contributed by atoms with Crippen LogP contribution in [0.4, 0.5) is 0 Å². The maximum atomic E-state index is 6.16. The molecular formula is C13H17ClN4. The molecule has 1 aromatic carbocycles. The molecule has 0 bridgehead atoms. The lowest BCUT2D eigenvalue weighted by molar-refractivity contribution is 0.580. The Morgan fingerprint density at radius 1 is 1.39 bits per heavy atom. The number of rotatable bonds is 4. The smallest absolute Gasteiger partial charge is 0.0969 e. The summed E-state index contributed by atoms with van der Waals surface area (Å²) in [6, 6.07) is 6.28. The van der Waals surface area contributed by atoms with Gasteiger partial charge in [-0.3, -0.25) is 0 Å². The minimum absolute atomic E-state index is 0.428. The molecule has 0 aliphatic rings. The number of nitrogens with zero attached hydrogens (tertiary/aromatic N) is 3. The Morgan fingerprint density at radius 2 is 2.17 bits per heavy atom. The Morgan fingerprint density at radius 3 is 2.89 bits per heavy atom. The van der Waals surface area contributed by atoms with Gasteiger partial charge in [-0.15, -0.1) is 5.10 Å². The van der Waals surface area contributed by atoms with E-state index < -0.39 is 0 Å². The van der Waals surface area contributed by atoms with Crippen molar-refractivity contribution in [2.75, 3.05) is 0 Å². The van der Waals surface area contributed by atoms with E-state index in [1.165, 1.54) is 0 Å². The number of halogens is 1. The molecule has 1 heterocycles. The van der Waals surface area contributed by atoms with Gasteiger partial charge in [-0.05, 0) is 24.6 Å². The highest BCUT2D eigenvalue weighted by Gasteiger charge is 2.07. The first-order valence-corrected chi connectivity index (χ1v) is 6.35. The number of nitrogens with one attached hydrogen (secondary N) is 1. The third-order valence-corrected chi connectivity index (χ3v) is 2.90. The summed E-state index contributed by atoms with van der Waals surface area (Å²) in [4.78, 5) is 0. The Hall–Kier alpha value is -1.39. The molecule has 4 nitrogen and oxygen atoms in total. The van der Waals surface area contributed by atoms with Crippen molar-refractivity contribution in [3.63, 3.8) is 0 Å². The maximum Gasteiger partial charge on any atom is 0.0969 e. The van der Waals surface area contributed by atoms with Gasteiger partial charge in [0.25, 0.3) is 0 Å². The Labute approximate surface area is 112 Å². The van der Waals surface area contributed by atoms with Crippen LogP contribution in [0.1, 0.15) is 25.1 Å². The van der Waals surface area contributed by atoms with Gasteiger partial charge in [0, 0.05) is 12.6 Å². The second-order valence-corrected chi connectivity index (χ2v) is 5.05. The lowest BCUT2D eigenvalue weighted by Gasteiger charge is -2.05. The van der Waals surface area contributed by atoms with Gasteiger partial charge in [-0.1, -0.05) is 36.7 Å². The van der Waals surface area contributed by atoms with E-state index in [4.69, 9.17) is 11.6 Å². The summed E-state index contributed by atoms with van der Waals surface area (Å²) in [6.07, 6.45) is 1.90. The standard InChI is InChI=1S/C13H17ClN4/c1-9(2)15-7-11-8-18(17-16-11)13-6-10(3)4-5-12(13)14/h4-6,8-9,15H,7H2,1-3H3. The molecule has 0 atom stereocenters. The van der Waals surface area contributed by atoms with E-state index in [2.05, 4.69) is 29.5 Å². The molecule has 5 heteroatoms. The second kappa shape index (κ2) is 5.50. The normalized spacial score (nSPS) is 11.2. The van der Waals surface area contributed by atoms with Crippen LogP contribution >= 0.6 is 11.6 Å². The molecule has 1 N–H and O–H groups in total. The average Bonchev–Trinajstić information content (AvgIpc) is 2.78. The second-order valence-electron chi connectivity index (χ2n) is 4.64.